The van der Waals surface area contributed by atoms with Gasteiger partial charge in [-0.25, -0.2) is 13.6 Å². The summed E-state index contributed by atoms with van der Waals surface area (Å²) in [7, 11) is 0. The molecule has 1 aliphatic heterocycles. The number of rotatable bonds is 4. The van der Waals surface area contributed by atoms with E-state index in [2.05, 4.69) is 10.6 Å². The van der Waals surface area contributed by atoms with Crippen molar-refractivity contribution in [1.29, 1.82) is 0 Å². The summed E-state index contributed by atoms with van der Waals surface area (Å²) in [5, 5.41) is 5.34. The molecular formula is C18H17F2N3O2. The van der Waals surface area contributed by atoms with Gasteiger partial charge in [-0.05, 0) is 61.9 Å². The molecule has 1 heterocycles. The van der Waals surface area contributed by atoms with Crippen LogP contribution in [0.5, 0.6) is 0 Å². The average Bonchev–Trinajstić information content (AvgIpc) is 2.74. The summed E-state index contributed by atoms with van der Waals surface area (Å²) >= 11 is 0. The number of hydrogen-bond acceptors (Lipinski definition) is 3. The molecule has 1 fully saturated rings. The Morgan fingerprint density at radius 1 is 1.04 bits per heavy atom. The van der Waals surface area contributed by atoms with Gasteiger partial charge in [0, 0.05) is 11.4 Å². The highest BCUT2D eigenvalue weighted by atomic mass is 19.1. The number of carbonyl (C=O) groups excluding carboxylic acids is 2. The van der Waals surface area contributed by atoms with E-state index >= 15 is 0 Å². The number of nitrogens with zero attached hydrogens (tertiary/aromatic N) is 1. The smallest absolute Gasteiger partial charge is 0.325 e. The predicted molar refractivity (Wildman–Crippen MR) is 89.2 cm³/mol. The molecule has 1 aliphatic rings. The zero-order valence-corrected chi connectivity index (χ0v) is 13.8. The van der Waals surface area contributed by atoms with Gasteiger partial charge in [0.25, 0.3) is 5.91 Å². The van der Waals surface area contributed by atoms with Crippen LogP contribution in [0.3, 0.4) is 0 Å². The Morgan fingerprint density at radius 2 is 1.68 bits per heavy atom. The molecule has 1 saturated heterocycles. The van der Waals surface area contributed by atoms with Crippen molar-refractivity contribution in [3.05, 3.63) is 59.7 Å². The highest BCUT2D eigenvalue weighted by molar-refractivity contribution is 6.06. The van der Waals surface area contributed by atoms with Crippen LogP contribution >= 0.6 is 0 Å². The van der Waals surface area contributed by atoms with E-state index in [-0.39, 0.29) is 12.4 Å². The number of imide groups is 1. The molecule has 130 valence electrons. The molecule has 2 aromatic carbocycles. The summed E-state index contributed by atoms with van der Waals surface area (Å²) in [5.74, 6) is -1.22. The van der Waals surface area contributed by atoms with E-state index in [0.717, 1.165) is 0 Å². The van der Waals surface area contributed by atoms with Crippen LogP contribution in [0.4, 0.5) is 25.0 Å². The Kier molecular flexibility index (Phi) is 4.16. The Morgan fingerprint density at radius 3 is 2.28 bits per heavy atom. The Bertz CT molecular complexity index is 835. The fourth-order valence-electron chi connectivity index (χ4n) is 2.64. The van der Waals surface area contributed by atoms with Gasteiger partial charge in [0.1, 0.15) is 17.2 Å². The Hall–Kier alpha value is -2.96. The molecule has 3 amide bonds. The molecule has 0 atom stereocenters. The van der Waals surface area contributed by atoms with E-state index in [4.69, 9.17) is 0 Å². The third-order valence-corrected chi connectivity index (χ3v) is 4.22. The number of benzene rings is 2. The van der Waals surface area contributed by atoms with Gasteiger partial charge in [-0.2, -0.15) is 0 Å². The zero-order valence-electron chi connectivity index (χ0n) is 13.8. The maximum atomic E-state index is 13.7. The molecule has 0 unspecified atom stereocenters. The largest absolute Gasteiger partial charge is 0.355 e. The third-order valence-electron chi connectivity index (χ3n) is 4.22. The molecule has 0 saturated carbocycles. The molecule has 7 heteroatoms. The van der Waals surface area contributed by atoms with E-state index in [9.17, 15) is 18.4 Å². The Balaban J connectivity index is 1.90. The van der Waals surface area contributed by atoms with Crippen molar-refractivity contribution in [1.82, 2.24) is 10.2 Å². The second-order valence-electron chi connectivity index (χ2n) is 6.34. The summed E-state index contributed by atoms with van der Waals surface area (Å²) in [4.78, 5) is 25.3. The molecule has 0 aliphatic carbocycles. The molecule has 25 heavy (non-hydrogen) atoms. The number of anilines is 2. The van der Waals surface area contributed by atoms with Crippen LogP contribution < -0.4 is 10.6 Å². The van der Waals surface area contributed by atoms with Crippen LogP contribution in [-0.4, -0.2) is 22.4 Å². The first-order valence-electron chi connectivity index (χ1n) is 7.71. The van der Waals surface area contributed by atoms with Gasteiger partial charge < -0.3 is 10.2 Å². The molecular weight excluding hydrogens is 328 g/mol. The van der Waals surface area contributed by atoms with E-state index in [0.29, 0.717) is 16.9 Å². The van der Waals surface area contributed by atoms with Gasteiger partial charge in [0.2, 0.25) is 0 Å². The summed E-state index contributed by atoms with van der Waals surface area (Å²) in [6.45, 7) is 3.30. The van der Waals surface area contributed by atoms with Crippen molar-refractivity contribution in [2.45, 2.75) is 25.9 Å². The van der Waals surface area contributed by atoms with E-state index in [1.807, 2.05) is 0 Å². The first kappa shape index (κ1) is 16.9. The summed E-state index contributed by atoms with van der Waals surface area (Å²) in [5.41, 5.74) is 0.657. The van der Waals surface area contributed by atoms with Crippen LogP contribution in [0.2, 0.25) is 0 Å². The standard InChI is InChI=1S/C18H17F2N3O2/c1-18(2)16(24)22-17(25)23(18)10-11-9-13(20)5-8-15(11)21-14-6-3-12(19)4-7-14/h3-9,21H,10H2,1-2H3,(H,22,24,25). The minimum atomic E-state index is -1.03. The van der Waals surface area contributed by atoms with Crippen LogP contribution in [0.25, 0.3) is 0 Å². The van der Waals surface area contributed by atoms with Gasteiger partial charge >= 0.3 is 6.03 Å². The van der Waals surface area contributed by atoms with Gasteiger partial charge in [-0.3, -0.25) is 10.1 Å². The van der Waals surface area contributed by atoms with Crippen LogP contribution in [0.1, 0.15) is 19.4 Å². The van der Waals surface area contributed by atoms with Crippen molar-refractivity contribution in [2.24, 2.45) is 0 Å². The normalized spacial score (nSPS) is 16.1. The molecule has 2 N–H and O–H groups in total. The minimum absolute atomic E-state index is 0.0475. The van der Waals surface area contributed by atoms with Crippen LogP contribution in [-0.2, 0) is 11.3 Å². The SMILES string of the molecule is CC1(C)C(=O)NC(=O)N1Cc1cc(F)ccc1Nc1ccc(F)cc1. The third kappa shape index (κ3) is 3.31. The van der Waals surface area contributed by atoms with Gasteiger partial charge in [0.05, 0.1) is 6.54 Å². The lowest BCUT2D eigenvalue weighted by molar-refractivity contribution is -0.125. The van der Waals surface area contributed by atoms with E-state index in [1.54, 1.807) is 26.0 Å². The van der Waals surface area contributed by atoms with E-state index < -0.39 is 23.3 Å². The van der Waals surface area contributed by atoms with Crippen molar-refractivity contribution >= 4 is 23.3 Å². The topological polar surface area (TPSA) is 61.4 Å². The number of urea groups is 1. The van der Waals surface area contributed by atoms with Crippen molar-refractivity contribution in [2.75, 3.05) is 5.32 Å². The van der Waals surface area contributed by atoms with E-state index in [1.165, 1.54) is 35.2 Å². The number of carbonyl (C=O) groups is 2. The fraction of sp³-hybridized carbons (Fsp3) is 0.222. The lowest BCUT2D eigenvalue weighted by Gasteiger charge is -2.28. The number of nitrogens with one attached hydrogen (secondary N) is 2. The fourth-order valence-corrected chi connectivity index (χ4v) is 2.64. The number of hydrogen-bond donors (Lipinski definition) is 2. The molecule has 0 aromatic heterocycles. The average molecular weight is 345 g/mol. The molecule has 5 nitrogen and oxygen atoms in total. The monoisotopic (exact) mass is 345 g/mol. The number of amides is 3. The second kappa shape index (κ2) is 6.16. The highest BCUT2D eigenvalue weighted by Gasteiger charge is 2.45. The van der Waals surface area contributed by atoms with Crippen LogP contribution in [0.15, 0.2) is 42.5 Å². The summed E-state index contributed by atoms with van der Waals surface area (Å²) < 4.78 is 26.7. The first-order chi connectivity index (χ1) is 11.8. The van der Waals surface area contributed by atoms with Crippen molar-refractivity contribution in [3.8, 4) is 0 Å². The number of halogens is 2. The van der Waals surface area contributed by atoms with Gasteiger partial charge in [-0.15, -0.1) is 0 Å². The minimum Gasteiger partial charge on any atom is -0.355 e. The Labute approximate surface area is 143 Å². The quantitative estimate of drug-likeness (QED) is 0.833. The maximum absolute atomic E-state index is 13.7. The van der Waals surface area contributed by atoms with Gasteiger partial charge in [-0.1, -0.05) is 0 Å². The van der Waals surface area contributed by atoms with Gasteiger partial charge in [0.15, 0.2) is 0 Å². The van der Waals surface area contributed by atoms with Crippen molar-refractivity contribution in [3.63, 3.8) is 0 Å². The summed E-state index contributed by atoms with van der Waals surface area (Å²) in [6.07, 6.45) is 0. The van der Waals surface area contributed by atoms with Crippen molar-refractivity contribution < 1.29 is 18.4 Å². The first-order valence-corrected chi connectivity index (χ1v) is 7.71. The molecule has 3 rings (SSSR count). The maximum Gasteiger partial charge on any atom is 0.325 e. The lowest BCUT2D eigenvalue weighted by Crippen LogP contribution is -2.43. The molecule has 0 spiro atoms. The predicted octanol–water partition coefficient (Wildman–Crippen LogP) is 3.54. The molecule has 0 radical (unpaired) electrons. The molecule has 0 bridgehead atoms. The zero-order chi connectivity index (χ0) is 18.2. The second-order valence-corrected chi connectivity index (χ2v) is 6.34. The lowest BCUT2D eigenvalue weighted by atomic mass is 10.0. The highest BCUT2D eigenvalue weighted by Crippen LogP contribution is 2.28. The molecule has 2 aromatic rings. The van der Waals surface area contributed by atoms with Crippen LogP contribution in [0, 0.1) is 11.6 Å². The summed E-state index contributed by atoms with van der Waals surface area (Å²) in [6, 6.07) is 9.33.